The Morgan fingerprint density at radius 3 is 2.27 bits per heavy atom. The molecule has 0 aromatic heterocycles. The highest BCUT2D eigenvalue weighted by molar-refractivity contribution is 7.89. The molecule has 1 rings (SSSR count). The van der Waals surface area contributed by atoms with Crippen molar-refractivity contribution in [2.45, 2.75) is 18.4 Å². The first-order chi connectivity index (χ1) is 6.89. The lowest BCUT2D eigenvalue weighted by molar-refractivity contribution is -0.119. The lowest BCUT2D eigenvalue weighted by Gasteiger charge is -2.03. The summed E-state index contributed by atoms with van der Waals surface area (Å²) in [6, 6.07) is 6.03. The van der Waals surface area contributed by atoms with Crippen LogP contribution in [0.3, 0.4) is 0 Å². The maximum absolute atomic E-state index is 10.9. The molecule has 1 aromatic carbocycles. The van der Waals surface area contributed by atoms with Gasteiger partial charge in [0, 0.05) is 13.5 Å². The summed E-state index contributed by atoms with van der Waals surface area (Å²) in [6.07, 6.45) is 0. The van der Waals surface area contributed by atoms with Gasteiger partial charge >= 0.3 is 0 Å². The van der Waals surface area contributed by atoms with Gasteiger partial charge in [-0.3, -0.25) is 4.79 Å². The van der Waals surface area contributed by atoms with Gasteiger partial charge in [-0.05, 0) is 17.7 Å². The number of carbonyl (C=O) groups excluding carboxylic acids is 1. The molecule has 82 valence electrons. The van der Waals surface area contributed by atoms with E-state index >= 15 is 0 Å². The zero-order chi connectivity index (χ0) is 11.5. The molecule has 1 amide bonds. The van der Waals surface area contributed by atoms with E-state index in [2.05, 4.69) is 5.32 Å². The first-order valence-corrected chi connectivity index (χ1v) is 5.80. The van der Waals surface area contributed by atoms with Crippen LogP contribution in [0.4, 0.5) is 0 Å². The fourth-order valence-electron chi connectivity index (χ4n) is 1.02. The minimum absolute atomic E-state index is 0.0640. The van der Waals surface area contributed by atoms with Crippen molar-refractivity contribution in [3.63, 3.8) is 0 Å². The molecule has 15 heavy (non-hydrogen) atoms. The fourth-order valence-corrected chi connectivity index (χ4v) is 1.54. The van der Waals surface area contributed by atoms with Crippen molar-refractivity contribution in [3.8, 4) is 0 Å². The average molecular weight is 228 g/mol. The van der Waals surface area contributed by atoms with Crippen molar-refractivity contribution >= 4 is 15.9 Å². The molecule has 0 spiro atoms. The number of nitrogens with two attached hydrogens (primary N) is 1. The van der Waals surface area contributed by atoms with Crippen LogP contribution in [0.2, 0.25) is 0 Å². The maximum Gasteiger partial charge on any atom is 0.238 e. The number of nitrogens with one attached hydrogen (secondary N) is 1. The molecule has 0 radical (unpaired) electrons. The smallest absolute Gasteiger partial charge is 0.238 e. The third-order valence-electron chi connectivity index (χ3n) is 1.79. The second-order valence-corrected chi connectivity index (χ2v) is 4.66. The molecule has 0 aliphatic rings. The van der Waals surface area contributed by atoms with E-state index in [1.165, 1.54) is 19.1 Å². The van der Waals surface area contributed by atoms with E-state index in [1.807, 2.05) is 0 Å². The summed E-state index contributed by atoms with van der Waals surface area (Å²) < 4.78 is 21.8. The van der Waals surface area contributed by atoms with E-state index in [4.69, 9.17) is 5.14 Å². The topological polar surface area (TPSA) is 89.3 Å². The molecule has 0 aliphatic carbocycles. The molecule has 6 heteroatoms. The number of sulfonamides is 1. The zero-order valence-corrected chi connectivity index (χ0v) is 9.04. The largest absolute Gasteiger partial charge is 0.352 e. The Morgan fingerprint density at radius 1 is 1.33 bits per heavy atom. The van der Waals surface area contributed by atoms with Gasteiger partial charge in [0.25, 0.3) is 0 Å². The number of primary sulfonamides is 1. The molecule has 1 aromatic rings. The SMILES string of the molecule is CC(=O)NCc1ccc(S(N)(=O)=O)cc1. The maximum atomic E-state index is 10.9. The molecule has 0 saturated heterocycles. The molecule has 5 nitrogen and oxygen atoms in total. The van der Waals surface area contributed by atoms with Gasteiger partial charge in [0.05, 0.1) is 4.90 Å². The number of rotatable bonds is 3. The Labute approximate surface area is 88.3 Å². The van der Waals surface area contributed by atoms with Gasteiger partial charge in [-0.1, -0.05) is 12.1 Å². The Balaban J connectivity index is 2.77. The summed E-state index contributed by atoms with van der Waals surface area (Å²) in [6.45, 7) is 1.79. The number of hydrogen-bond donors (Lipinski definition) is 2. The lowest BCUT2D eigenvalue weighted by Crippen LogP contribution is -2.19. The summed E-state index contributed by atoms with van der Waals surface area (Å²) in [7, 11) is -3.64. The zero-order valence-electron chi connectivity index (χ0n) is 8.23. The monoisotopic (exact) mass is 228 g/mol. The van der Waals surface area contributed by atoms with E-state index in [0.29, 0.717) is 6.54 Å². The molecule has 0 fully saturated rings. The van der Waals surface area contributed by atoms with E-state index in [1.54, 1.807) is 12.1 Å². The number of hydrogen-bond acceptors (Lipinski definition) is 3. The van der Waals surface area contributed by atoms with Crippen LogP contribution in [-0.4, -0.2) is 14.3 Å². The first kappa shape index (κ1) is 11.7. The molecule has 0 heterocycles. The molecule has 0 unspecified atom stereocenters. The van der Waals surface area contributed by atoms with Crippen LogP contribution in [0.15, 0.2) is 29.2 Å². The van der Waals surface area contributed by atoms with Gasteiger partial charge in [0.1, 0.15) is 0 Å². The molecule has 3 N–H and O–H groups in total. The van der Waals surface area contributed by atoms with Crippen LogP contribution in [0, 0.1) is 0 Å². The third kappa shape index (κ3) is 3.69. The fraction of sp³-hybridized carbons (Fsp3) is 0.222. The van der Waals surface area contributed by atoms with Gasteiger partial charge in [0.2, 0.25) is 15.9 Å². The molecule has 0 saturated carbocycles. The second-order valence-electron chi connectivity index (χ2n) is 3.10. The predicted octanol–water partition coefficient (Wildman–Crippen LogP) is -0.0299. The van der Waals surface area contributed by atoms with Crippen molar-refractivity contribution in [3.05, 3.63) is 29.8 Å². The van der Waals surface area contributed by atoms with E-state index in [9.17, 15) is 13.2 Å². The van der Waals surface area contributed by atoms with Gasteiger partial charge in [-0.15, -0.1) is 0 Å². The van der Waals surface area contributed by atoms with Crippen LogP contribution in [0.25, 0.3) is 0 Å². The average Bonchev–Trinajstić information content (AvgIpc) is 2.14. The van der Waals surface area contributed by atoms with Gasteiger partial charge < -0.3 is 5.32 Å². The quantitative estimate of drug-likeness (QED) is 0.761. The molecular formula is C9H12N2O3S. The summed E-state index contributed by atoms with van der Waals surface area (Å²) in [5.41, 5.74) is 0.817. The summed E-state index contributed by atoms with van der Waals surface area (Å²) in [4.78, 5) is 10.7. The number of benzene rings is 1. The summed E-state index contributed by atoms with van der Waals surface area (Å²) in [5, 5.41) is 7.53. The van der Waals surface area contributed by atoms with Crippen molar-refractivity contribution in [1.82, 2.24) is 5.32 Å². The van der Waals surface area contributed by atoms with Crippen molar-refractivity contribution in [2.24, 2.45) is 5.14 Å². The van der Waals surface area contributed by atoms with Crippen molar-refractivity contribution in [2.75, 3.05) is 0 Å². The Hall–Kier alpha value is -1.40. The lowest BCUT2D eigenvalue weighted by atomic mass is 10.2. The van der Waals surface area contributed by atoms with E-state index in [-0.39, 0.29) is 10.8 Å². The van der Waals surface area contributed by atoms with Crippen LogP contribution in [0.1, 0.15) is 12.5 Å². The van der Waals surface area contributed by atoms with Gasteiger partial charge in [-0.2, -0.15) is 0 Å². The van der Waals surface area contributed by atoms with Crippen LogP contribution in [-0.2, 0) is 21.4 Å². The highest BCUT2D eigenvalue weighted by atomic mass is 32.2. The molecule has 0 aliphatic heterocycles. The Bertz CT molecular complexity index is 451. The van der Waals surface area contributed by atoms with E-state index < -0.39 is 10.0 Å². The number of amides is 1. The second kappa shape index (κ2) is 4.41. The Kier molecular flexibility index (Phi) is 3.43. The molecule has 0 bridgehead atoms. The van der Waals surface area contributed by atoms with Crippen LogP contribution in [0.5, 0.6) is 0 Å². The molecular weight excluding hydrogens is 216 g/mol. The van der Waals surface area contributed by atoms with Crippen molar-refractivity contribution < 1.29 is 13.2 Å². The molecule has 0 atom stereocenters. The third-order valence-corrected chi connectivity index (χ3v) is 2.72. The highest BCUT2D eigenvalue weighted by Crippen LogP contribution is 2.08. The van der Waals surface area contributed by atoms with Gasteiger partial charge in [0.15, 0.2) is 0 Å². The number of carbonyl (C=O) groups is 1. The Morgan fingerprint density at radius 2 is 1.87 bits per heavy atom. The summed E-state index contributed by atoms with van der Waals surface area (Å²) >= 11 is 0. The van der Waals surface area contributed by atoms with Crippen LogP contribution >= 0.6 is 0 Å². The van der Waals surface area contributed by atoms with Gasteiger partial charge in [-0.25, -0.2) is 13.6 Å². The normalized spacial score (nSPS) is 11.1. The highest BCUT2D eigenvalue weighted by Gasteiger charge is 2.06. The summed E-state index contributed by atoms with van der Waals surface area (Å²) in [5.74, 6) is -0.134. The minimum atomic E-state index is -3.64. The van der Waals surface area contributed by atoms with E-state index in [0.717, 1.165) is 5.56 Å². The predicted molar refractivity (Wildman–Crippen MR) is 55.3 cm³/mol. The first-order valence-electron chi connectivity index (χ1n) is 4.26. The van der Waals surface area contributed by atoms with Crippen molar-refractivity contribution in [1.29, 1.82) is 0 Å². The minimum Gasteiger partial charge on any atom is -0.352 e. The van der Waals surface area contributed by atoms with Crippen LogP contribution < -0.4 is 10.5 Å². The standard InChI is InChI=1S/C9H12N2O3S/c1-7(12)11-6-8-2-4-9(5-3-8)15(10,13)14/h2-5H,6H2,1H3,(H,11,12)(H2,10,13,14).